The number of pyridine rings is 6. The van der Waals surface area contributed by atoms with E-state index >= 15 is 0 Å². The number of hydrogen-bond acceptors (Lipinski definition) is 20. The van der Waals surface area contributed by atoms with E-state index in [9.17, 15) is 43.3 Å². The van der Waals surface area contributed by atoms with Gasteiger partial charge in [0.05, 0.1) is 72.1 Å². The SMILES string of the molecule is C1CCOC1.CC(=O)Nc1cc(-c2cnc(C)c(N(C)S(=O)(=O)C3CC3)c2)ccn1.CC(=O)Nc1cc(B2OC(C)(C)C(C)(C)O2)ccn1.Cc1ncc(Br)cc1CS(=O)(=O)C1CC1.Cc1ncc(Br)cc1N.Cc1ncc(Br)cc1N(C)S(=O)(=O)C1CC1.O=S(=O)(Cl)C1CC1. The number of sulfonamides is 2. The molecule has 0 unspecified atom stereocenters. The molecule has 6 aliphatic rings. The molecule has 4 saturated carbocycles. The summed E-state index contributed by atoms with van der Waals surface area (Å²) >= 11 is 9.85. The Hall–Kier alpha value is -5.29. The fourth-order valence-corrected chi connectivity index (χ4v) is 16.2. The Morgan fingerprint density at radius 1 is 0.573 bits per heavy atom. The lowest BCUT2D eigenvalue weighted by Gasteiger charge is -2.32. The highest BCUT2D eigenvalue weighted by atomic mass is 79.9. The van der Waals surface area contributed by atoms with Gasteiger partial charge in [0.1, 0.15) is 11.6 Å². The molecule has 6 aromatic heterocycles. The minimum Gasteiger partial charge on any atom is -0.399 e. The number of amides is 2. The van der Waals surface area contributed by atoms with Crippen molar-refractivity contribution in [2.75, 3.05) is 52.3 Å². The van der Waals surface area contributed by atoms with E-state index in [1.165, 1.54) is 35.3 Å². The van der Waals surface area contributed by atoms with Crippen molar-refractivity contribution in [3.05, 3.63) is 127 Å². The highest BCUT2D eigenvalue weighted by molar-refractivity contribution is 9.11. The number of hydrogen-bond donors (Lipinski definition) is 3. The van der Waals surface area contributed by atoms with Crippen LogP contribution in [-0.2, 0) is 68.3 Å². The Labute approximate surface area is 595 Å². The summed E-state index contributed by atoms with van der Waals surface area (Å²) in [6, 6.07) is 14.4. The largest absolute Gasteiger partial charge is 0.495 e. The van der Waals surface area contributed by atoms with Gasteiger partial charge in [0.25, 0.3) is 0 Å². The smallest absolute Gasteiger partial charge is 0.399 e. The lowest BCUT2D eigenvalue weighted by Crippen LogP contribution is -2.41. The number of nitrogens with two attached hydrogens (primary N) is 1. The standard InChI is InChI=1S/C17H20N4O3S.C13H19BN2O3.C10H13BrN2O2S.C10H12BrNO2S.C6H7BrN2.C4H8O.C3H5ClO2S/c1-11-16(21(3)25(23,24)15-4-5-15)8-14(10-19-11)13-6-7-18-17(9-13)20-12(2)22;1-9(17)16-11-8-10(6-7-15-11)14-18-12(2,3)13(4,5)19-14;1-7-10(5-8(11)6-12-7)13(2)16(14,15)9-3-4-9;1-7-8(4-9(11)5-12-7)6-15(13,14)10-2-3-10;1-4-6(8)2-5(7)3-9-4;1-2-4-5-3-1;4-7(5,6)3-1-2-3/h6-10,15H,4-5H2,1-3H3,(H,18,20,22);6-8H,1-5H3,(H,15,16,17);5-6,9H,3-4H2,1-2H3;4-5,10H,2-3,6H2,1H3;2-3H,8H2,1H3;1-4H2;3H,1-2H2. The first kappa shape index (κ1) is 79.7. The molecule has 4 aliphatic carbocycles. The minimum atomic E-state index is -3.34. The first-order chi connectivity index (χ1) is 44.7. The summed E-state index contributed by atoms with van der Waals surface area (Å²) in [5.74, 6) is 0.697. The van der Waals surface area contributed by atoms with E-state index in [0.29, 0.717) is 41.5 Å². The number of carbonyl (C=O) groups excluding carboxylic acids is 2. The van der Waals surface area contributed by atoms with Crippen LogP contribution in [-0.4, -0.2) is 142 Å². The van der Waals surface area contributed by atoms with Crippen molar-refractivity contribution in [2.24, 2.45) is 0 Å². The maximum atomic E-state index is 12.5. The molecule has 0 bridgehead atoms. The monoisotopic (exact) mass is 1610 g/mol. The van der Waals surface area contributed by atoms with Gasteiger partial charge in [-0.05, 0) is 233 Å². The van der Waals surface area contributed by atoms with Gasteiger partial charge in [-0.15, -0.1) is 0 Å². The van der Waals surface area contributed by atoms with Crippen LogP contribution in [0, 0.1) is 27.7 Å². The first-order valence-corrected chi connectivity index (χ1v) is 40.3. The fraction of sp³-hybridized carbons (Fsp3) is 0.492. The lowest BCUT2D eigenvalue weighted by molar-refractivity contribution is -0.115. The van der Waals surface area contributed by atoms with Gasteiger partial charge in [0.15, 0.2) is 9.84 Å². The molecule has 0 radical (unpaired) electrons. The zero-order chi connectivity index (χ0) is 71.3. The molecule has 2 aliphatic heterocycles. The van der Waals surface area contributed by atoms with Gasteiger partial charge in [-0.1, -0.05) is 0 Å². The van der Waals surface area contributed by atoms with Crippen LogP contribution in [0.25, 0.3) is 11.1 Å². The van der Waals surface area contributed by atoms with Gasteiger partial charge in [0, 0.05) is 114 Å². The van der Waals surface area contributed by atoms with Crippen molar-refractivity contribution in [1.29, 1.82) is 0 Å². The normalized spacial score (nSPS) is 16.8. The number of ether oxygens (including phenoxy) is 1. The predicted molar refractivity (Wildman–Crippen MR) is 389 cm³/mol. The summed E-state index contributed by atoms with van der Waals surface area (Å²) in [5, 5.41) is 4.49. The molecule has 4 N–H and O–H groups in total. The summed E-state index contributed by atoms with van der Waals surface area (Å²) in [4.78, 5) is 47.0. The van der Waals surface area contributed by atoms with Crippen molar-refractivity contribution >= 4 is 151 Å². The van der Waals surface area contributed by atoms with Crippen LogP contribution in [0.1, 0.15) is 134 Å². The lowest BCUT2D eigenvalue weighted by atomic mass is 9.80. The van der Waals surface area contributed by atoms with E-state index in [4.69, 9.17) is 30.5 Å². The highest BCUT2D eigenvalue weighted by Crippen LogP contribution is 2.39. The molecule has 6 aromatic rings. The quantitative estimate of drug-likeness (QED) is 0.0673. The maximum Gasteiger partial charge on any atom is 0.495 e. The second-order valence-electron chi connectivity index (χ2n) is 24.6. The molecule has 2 amide bonds. The van der Waals surface area contributed by atoms with Crippen LogP contribution >= 0.6 is 58.5 Å². The molecule has 12 rings (SSSR count). The third kappa shape index (κ3) is 24.3. The Morgan fingerprint density at radius 2 is 1.00 bits per heavy atom. The summed E-state index contributed by atoms with van der Waals surface area (Å²) < 4.78 is 115. The molecule has 33 heteroatoms. The third-order valence-electron chi connectivity index (χ3n) is 15.8. The van der Waals surface area contributed by atoms with E-state index in [-0.39, 0.29) is 49.8 Å². The zero-order valence-corrected chi connectivity index (χ0v) is 64.5. The number of aryl methyl sites for hydroxylation is 4. The van der Waals surface area contributed by atoms with E-state index in [1.807, 2.05) is 59.7 Å². The zero-order valence-electron chi connectivity index (χ0n) is 55.8. The summed E-state index contributed by atoms with van der Waals surface area (Å²) in [6.07, 6.45) is 18.7. The summed E-state index contributed by atoms with van der Waals surface area (Å²) in [7, 11) is -5.01. The molecular weight excluding hydrogens is 1530 g/mol. The van der Waals surface area contributed by atoms with Gasteiger partial charge >= 0.3 is 7.12 Å². The van der Waals surface area contributed by atoms with Gasteiger partial charge in [0.2, 0.25) is 40.9 Å². The van der Waals surface area contributed by atoms with Crippen LogP contribution in [0.5, 0.6) is 0 Å². The van der Waals surface area contributed by atoms with Crippen LogP contribution in [0.2, 0.25) is 0 Å². The van der Waals surface area contributed by atoms with E-state index in [1.54, 1.807) is 95.5 Å². The third-order valence-corrected chi connectivity index (χ3v) is 25.9. The molecule has 96 heavy (non-hydrogen) atoms. The van der Waals surface area contributed by atoms with E-state index < -0.39 is 46.1 Å². The number of carbonyl (C=O) groups is 2. The molecule has 6 fully saturated rings. The van der Waals surface area contributed by atoms with Gasteiger partial charge in [-0.3, -0.25) is 38.1 Å². The van der Waals surface area contributed by atoms with Gasteiger partial charge in [-0.2, -0.15) is 0 Å². The molecule has 524 valence electrons. The van der Waals surface area contributed by atoms with Gasteiger partial charge < -0.3 is 30.4 Å². The average Bonchev–Trinajstić information content (AvgIpc) is 1.55. The topological polar surface area (TPSA) is 332 Å². The Balaban J connectivity index is 0.000000186. The number of rotatable bonds is 14. The Kier molecular flexibility index (Phi) is 28.4. The number of nitrogen functional groups attached to an aromatic ring is 1. The summed E-state index contributed by atoms with van der Waals surface area (Å²) in [5.41, 5.74) is 12.9. The molecule has 8 heterocycles. The Bertz CT molecular complexity index is 4170. The fourth-order valence-electron chi connectivity index (χ4n) is 8.79. The van der Waals surface area contributed by atoms with Crippen LogP contribution in [0.15, 0.2) is 99.1 Å². The Morgan fingerprint density at radius 3 is 1.43 bits per heavy atom. The number of nitrogens with zero attached hydrogens (tertiary/aromatic N) is 8. The molecule has 0 aromatic carbocycles. The molecular formula is C63H84BBr3ClN11O13S4. The molecule has 24 nitrogen and oxygen atoms in total. The highest BCUT2D eigenvalue weighted by Gasteiger charge is 2.52. The van der Waals surface area contributed by atoms with Gasteiger partial charge in [-0.25, -0.2) is 43.6 Å². The summed E-state index contributed by atoms with van der Waals surface area (Å²) in [6.45, 7) is 20.2. The number of halogens is 4. The first-order valence-electron chi connectivity index (χ1n) is 30.8. The van der Waals surface area contributed by atoms with E-state index in [0.717, 1.165) is 110 Å². The molecule has 2 saturated heterocycles. The van der Waals surface area contributed by atoms with Crippen molar-refractivity contribution in [2.45, 2.75) is 171 Å². The number of anilines is 5. The van der Waals surface area contributed by atoms with E-state index in [2.05, 4.69) is 88.3 Å². The average molecular weight is 1620 g/mol. The second-order valence-corrected chi connectivity index (χ2v) is 37.0. The van der Waals surface area contributed by atoms with Crippen LogP contribution < -0.4 is 30.4 Å². The molecule has 0 spiro atoms. The second kappa shape index (κ2) is 34.2. The number of aromatic nitrogens is 6. The van der Waals surface area contributed by atoms with Crippen LogP contribution in [0.4, 0.5) is 28.7 Å². The number of sulfone groups is 1. The van der Waals surface area contributed by atoms with Crippen molar-refractivity contribution in [3.63, 3.8) is 0 Å². The number of nitrogens with one attached hydrogen (secondary N) is 2. The predicted octanol–water partition coefficient (Wildman–Crippen LogP) is 11.2. The maximum absolute atomic E-state index is 12.5. The van der Waals surface area contributed by atoms with Crippen molar-refractivity contribution in [3.8, 4) is 11.1 Å². The minimum absolute atomic E-state index is 0.101. The van der Waals surface area contributed by atoms with Crippen molar-refractivity contribution in [1.82, 2.24) is 29.9 Å². The van der Waals surface area contributed by atoms with Crippen LogP contribution in [0.3, 0.4) is 0 Å². The van der Waals surface area contributed by atoms with Crippen molar-refractivity contribution < 1.29 is 57.3 Å². The molecule has 0 atom stereocenters.